The van der Waals surface area contributed by atoms with Crippen LogP contribution in [0.25, 0.3) is 0 Å². The molecule has 21 heavy (non-hydrogen) atoms. The highest BCUT2D eigenvalue weighted by molar-refractivity contribution is 9.10. The van der Waals surface area contributed by atoms with Crippen LogP contribution in [0, 0.1) is 0 Å². The van der Waals surface area contributed by atoms with Crippen molar-refractivity contribution < 1.29 is 4.74 Å². The van der Waals surface area contributed by atoms with Crippen molar-refractivity contribution in [1.29, 1.82) is 0 Å². The molecule has 2 nitrogen and oxygen atoms in total. The minimum Gasteiger partial charge on any atom is -0.487 e. The van der Waals surface area contributed by atoms with Crippen molar-refractivity contribution in [3.05, 3.63) is 62.0 Å². The molecule has 0 aliphatic carbocycles. The van der Waals surface area contributed by atoms with E-state index in [1.165, 1.54) is 5.56 Å². The van der Waals surface area contributed by atoms with Crippen LogP contribution in [0.1, 0.15) is 18.1 Å². The van der Waals surface area contributed by atoms with Crippen molar-refractivity contribution in [2.24, 2.45) is 0 Å². The lowest BCUT2D eigenvalue weighted by Crippen LogP contribution is -2.14. The second kappa shape index (κ2) is 8.04. The van der Waals surface area contributed by atoms with Crippen LogP contribution in [0.2, 0.25) is 10.0 Å². The molecular weight excluding hydrogens is 373 g/mol. The first-order valence-electron chi connectivity index (χ1n) is 6.66. The van der Waals surface area contributed by atoms with Gasteiger partial charge in [-0.25, -0.2) is 0 Å². The van der Waals surface area contributed by atoms with E-state index in [9.17, 15) is 0 Å². The third-order valence-electron chi connectivity index (χ3n) is 3.04. The zero-order valence-electron chi connectivity index (χ0n) is 11.6. The maximum atomic E-state index is 6.17. The van der Waals surface area contributed by atoms with Gasteiger partial charge in [-0.15, -0.1) is 0 Å². The number of hydrogen-bond acceptors (Lipinski definition) is 2. The first-order chi connectivity index (χ1) is 10.1. The summed E-state index contributed by atoms with van der Waals surface area (Å²) < 4.78 is 6.57. The molecule has 0 heterocycles. The molecule has 0 radical (unpaired) electrons. The van der Waals surface area contributed by atoms with E-state index in [4.69, 9.17) is 27.9 Å². The van der Waals surface area contributed by atoms with Crippen LogP contribution < -0.4 is 10.1 Å². The van der Waals surface area contributed by atoms with E-state index in [1.807, 2.05) is 12.1 Å². The molecular formula is C16H16BrCl2NO. The number of halogens is 3. The first-order valence-corrected chi connectivity index (χ1v) is 8.21. The van der Waals surface area contributed by atoms with E-state index in [0.717, 1.165) is 23.1 Å². The molecule has 2 rings (SSSR count). The third kappa shape index (κ3) is 4.62. The van der Waals surface area contributed by atoms with E-state index in [2.05, 4.69) is 40.3 Å². The summed E-state index contributed by atoms with van der Waals surface area (Å²) in [6.07, 6.45) is 0. The second-order valence-corrected chi connectivity index (χ2v) is 6.20. The lowest BCUT2D eigenvalue weighted by atomic mass is 10.1. The van der Waals surface area contributed by atoms with Gasteiger partial charge < -0.3 is 10.1 Å². The van der Waals surface area contributed by atoms with Crippen LogP contribution >= 0.6 is 39.1 Å². The minimum absolute atomic E-state index is 0.458. The molecule has 0 saturated carbocycles. The molecule has 0 amide bonds. The molecule has 0 fully saturated rings. The fourth-order valence-electron chi connectivity index (χ4n) is 1.90. The zero-order valence-corrected chi connectivity index (χ0v) is 14.7. The summed E-state index contributed by atoms with van der Waals surface area (Å²) in [6, 6.07) is 11.6. The van der Waals surface area contributed by atoms with E-state index < -0.39 is 0 Å². The Bertz CT molecular complexity index is 619. The average Bonchev–Trinajstić information content (AvgIpc) is 2.48. The van der Waals surface area contributed by atoms with Crippen molar-refractivity contribution in [3.8, 4) is 5.75 Å². The molecule has 5 heteroatoms. The second-order valence-electron chi connectivity index (χ2n) is 4.53. The van der Waals surface area contributed by atoms with Crippen molar-refractivity contribution in [2.45, 2.75) is 20.1 Å². The summed E-state index contributed by atoms with van der Waals surface area (Å²) in [4.78, 5) is 0. The van der Waals surface area contributed by atoms with Crippen LogP contribution in [0.4, 0.5) is 0 Å². The van der Waals surface area contributed by atoms with Crippen LogP contribution in [-0.4, -0.2) is 6.54 Å². The molecule has 0 unspecified atom stereocenters. The fourth-order valence-corrected chi connectivity index (χ4v) is 2.75. The standard InChI is InChI=1S/C16H16BrCl2NO/c1-2-20-9-11-5-3-4-6-12(11)10-21-16-8-14(18)13(17)7-15(16)19/h3-8,20H,2,9-10H2,1H3. The summed E-state index contributed by atoms with van der Waals surface area (Å²) >= 11 is 15.6. The molecule has 2 aromatic rings. The lowest BCUT2D eigenvalue weighted by molar-refractivity contribution is 0.305. The van der Waals surface area contributed by atoms with Gasteiger partial charge in [0.15, 0.2) is 0 Å². The van der Waals surface area contributed by atoms with E-state index >= 15 is 0 Å². The SMILES string of the molecule is CCNCc1ccccc1COc1cc(Cl)c(Br)cc1Cl. The molecule has 0 bridgehead atoms. The predicted octanol–water partition coefficient (Wildman–Crippen LogP) is 5.44. The van der Waals surface area contributed by atoms with Gasteiger partial charge in [-0.3, -0.25) is 0 Å². The Labute approximate surface area is 143 Å². The third-order valence-corrected chi connectivity index (χ3v) is 4.53. The Hall–Kier alpha value is -0.740. The molecule has 0 atom stereocenters. The number of hydrogen-bond donors (Lipinski definition) is 1. The van der Waals surface area contributed by atoms with E-state index in [0.29, 0.717) is 22.4 Å². The molecule has 0 aliphatic heterocycles. The summed E-state index contributed by atoms with van der Waals surface area (Å²) in [5.41, 5.74) is 2.35. The smallest absolute Gasteiger partial charge is 0.139 e. The van der Waals surface area contributed by atoms with Crippen LogP contribution in [0.3, 0.4) is 0 Å². The molecule has 0 aromatic heterocycles. The van der Waals surface area contributed by atoms with Crippen LogP contribution in [0.5, 0.6) is 5.75 Å². The van der Waals surface area contributed by atoms with Gasteiger partial charge in [0.05, 0.1) is 10.0 Å². The van der Waals surface area contributed by atoms with Crippen LogP contribution in [-0.2, 0) is 13.2 Å². The fraction of sp³-hybridized carbons (Fsp3) is 0.250. The lowest BCUT2D eigenvalue weighted by Gasteiger charge is -2.13. The zero-order chi connectivity index (χ0) is 15.2. The van der Waals surface area contributed by atoms with Gasteiger partial charge in [0.2, 0.25) is 0 Å². The van der Waals surface area contributed by atoms with Crippen molar-refractivity contribution in [1.82, 2.24) is 5.32 Å². The Balaban J connectivity index is 2.11. The molecule has 0 aliphatic rings. The maximum absolute atomic E-state index is 6.17. The molecule has 112 valence electrons. The summed E-state index contributed by atoms with van der Waals surface area (Å²) in [7, 11) is 0. The largest absolute Gasteiger partial charge is 0.487 e. The van der Waals surface area contributed by atoms with Gasteiger partial charge in [0.25, 0.3) is 0 Å². The van der Waals surface area contributed by atoms with Crippen molar-refractivity contribution >= 4 is 39.1 Å². The Morgan fingerprint density at radius 3 is 2.52 bits per heavy atom. The summed E-state index contributed by atoms with van der Waals surface area (Å²) in [6.45, 7) is 4.30. The van der Waals surface area contributed by atoms with E-state index in [1.54, 1.807) is 12.1 Å². The molecule has 0 spiro atoms. The Morgan fingerprint density at radius 1 is 1.10 bits per heavy atom. The average molecular weight is 389 g/mol. The monoisotopic (exact) mass is 387 g/mol. The summed E-state index contributed by atoms with van der Waals surface area (Å²) in [5.74, 6) is 0.586. The van der Waals surface area contributed by atoms with Gasteiger partial charge in [-0.1, -0.05) is 54.4 Å². The van der Waals surface area contributed by atoms with Gasteiger partial charge in [-0.2, -0.15) is 0 Å². The van der Waals surface area contributed by atoms with Crippen molar-refractivity contribution in [2.75, 3.05) is 6.54 Å². The number of ether oxygens (including phenoxy) is 1. The highest BCUT2D eigenvalue weighted by Crippen LogP contribution is 2.34. The topological polar surface area (TPSA) is 21.3 Å². The minimum atomic E-state index is 0.458. The molecule has 2 aromatic carbocycles. The molecule has 1 N–H and O–H groups in total. The van der Waals surface area contributed by atoms with Gasteiger partial charge >= 0.3 is 0 Å². The van der Waals surface area contributed by atoms with Gasteiger partial charge in [0.1, 0.15) is 12.4 Å². The highest BCUT2D eigenvalue weighted by Gasteiger charge is 2.08. The Kier molecular flexibility index (Phi) is 6.37. The quantitative estimate of drug-likeness (QED) is 0.664. The number of benzene rings is 2. The normalized spacial score (nSPS) is 10.7. The van der Waals surface area contributed by atoms with E-state index in [-0.39, 0.29) is 0 Å². The number of rotatable bonds is 6. The van der Waals surface area contributed by atoms with Crippen molar-refractivity contribution in [3.63, 3.8) is 0 Å². The summed E-state index contributed by atoms with van der Waals surface area (Å²) in [5, 5.41) is 4.44. The van der Waals surface area contributed by atoms with Crippen LogP contribution in [0.15, 0.2) is 40.9 Å². The first kappa shape index (κ1) is 16.6. The predicted molar refractivity (Wildman–Crippen MR) is 92.3 cm³/mol. The highest BCUT2D eigenvalue weighted by atomic mass is 79.9. The van der Waals surface area contributed by atoms with Gasteiger partial charge in [-0.05, 0) is 39.7 Å². The maximum Gasteiger partial charge on any atom is 0.139 e. The number of nitrogens with one attached hydrogen (secondary N) is 1. The van der Waals surface area contributed by atoms with Gasteiger partial charge in [0, 0.05) is 17.1 Å². The molecule has 0 saturated heterocycles. The Morgan fingerprint density at radius 2 is 1.81 bits per heavy atom.